The highest BCUT2D eigenvalue weighted by molar-refractivity contribution is 5.87. The third-order valence-electron chi connectivity index (χ3n) is 2.83. The van der Waals surface area contributed by atoms with Gasteiger partial charge in [-0.25, -0.2) is 8.78 Å². The van der Waals surface area contributed by atoms with Crippen LogP contribution in [-0.4, -0.2) is 23.4 Å². The number of esters is 1. The predicted octanol–water partition coefficient (Wildman–Crippen LogP) is 2.94. The van der Waals surface area contributed by atoms with E-state index in [9.17, 15) is 13.6 Å². The van der Waals surface area contributed by atoms with Crippen LogP contribution in [0.5, 0.6) is 5.75 Å². The molecule has 0 unspecified atom stereocenters. The summed E-state index contributed by atoms with van der Waals surface area (Å²) in [6, 6.07) is 8.64. The number of carbonyl (C=O) groups is 1. The Morgan fingerprint density at radius 1 is 1.29 bits per heavy atom. The van der Waals surface area contributed by atoms with Gasteiger partial charge in [-0.05, 0) is 18.2 Å². The maximum absolute atomic E-state index is 13.0. The zero-order valence-electron chi connectivity index (χ0n) is 11.1. The molecular formula is C14H15ClF2N2O2. The Kier molecular flexibility index (Phi) is 5.99. The Bertz CT molecular complexity index is 617. The molecule has 0 aliphatic heterocycles. The first-order valence-corrected chi connectivity index (χ1v) is 6.14. The van der Waals surface area contributed by atoms with E-state index in [0.29, 0.717) is 16.7 Å². The van der Waals surface area contributed by atoms with Crippen molar-refractivity contribution in [1.29, 1.82) is 0 Å². The van der Waals surface area contributed by atoms with Crippen molar-refractivity contribution in [3.8, 4) is 5.75 Å². The van der Waals surface area contributed by atoms with Crippen molar-refractivity contribution >= 4 is 29.3 Å². The van der Waals surface area contributed by atoms with Gasteiger partial charge in [0.1, 0.15) is 5.75 Å². The summed E-state index contributed by atoms with van der Waals surface area (Å²) in [5, 5.41) is 0.661. The molecule has 114 valence electrons. The molecule has 0 atom stereocenters. The smallest absolute Gasteiger partial charge is 0.311 e. The highest BCUT2D eigenvalue weighted by Crippen LogP contribution is 2.24. The Morgan fingerprint density at radius 2 is 2.00 bits per heavy atom. The van der Waals surface area contributed by atoms with Gasteiger partial charge in [0.05, 0.1) is 18.5 Å². The zero-order valence-corrected chi connectivity index (χ0v) is 11.9. The van der Waals surface area contributed by atoms with Crippen LogP contribution >= 0.6 is 12.4 Å². The number of ether oxygens (including phenoxy) is 1. The van der Waals surface area contributed by atoms with E-state index in [1.54, 1.807) is 18.2 Å². The van der Waals surface area contributed by atoms with Crippen LogP contribution in [0.15, 0.2) is 36.5 Å². The molecule has 4 nitrogen and oxygen atoms in total. The Balaban J connectivity index is 0.00000220. The number of benzene rings is 1. The molecule has 0 amide bonds. The van der Waals surface area contributed by atoms with Gasteiger partial charge in [-0.2, -0.15) is 0 Å². The molecule has 0 radical (unpaired) electrons. The second-order valence-electron chi connectivity index (χ2n) is 4.36. The number of para-hydroxylation sites is 1. The average molecular weight is 317 g/mol. The first kappa shape index (κ1) is 17.3. The lowest BCUT2D eigenvalue weighted by molar-refractivity contribution is -0.136. The van der Waals surface area contributed by atoms with E-state index in [4.69, 9.17) is 10.5 Å². The van der Waals surface area contributed by atoms with E-state index in [-0.39, 0.29) is 18.8 Å². The Morgan fingerprint density at radius 3 is 2.71 bits per heavy atom. The molecule has 7 heteroatoms. The van der Waals surface area contributed by atoms with Crippen LogP contribution in [0.1, 0.15) is 12.8 Å². The Labute approximate surface area is 126 Å². The fraction of sp³-hybridized carbons (Fsp3) is 0.286. The minimum atomic E-state index is -3.04. The summed E-state index contributed by atoms with van der Waals surface area (Å²) in [7, 11) is 0. The molecule has 0 fully saturated rings. The van der Waals surface area contributed by atoms with Crippen molar-refractivity contribution < 1.29 is 18.3 Å². The average Bonchev–Trinajstić information content (AvgIpc) is 2.46. The number of alkyl halides is 2. The summed E-state index contributed by atoms with van der Waals surface area (Å²) < 4.78 is 31.0. The van der Waals surface area contributed by atoms with Crippen LogP contribution in [0, 0.1) is 0 Å². The normalized spacial score (nSPS) is 11.0. The molecule has 0 bridgehead atoms. The monoisotopic (exact) mass is 316 g/mol. The SMILES string of the molecule is Cl.NCC(F)(F)CCC(=O)Oc1ccnc2ccccc12. The van der Waals surface area contributed by atoms with Crippen LogP contribution < -0.4 is 10.5 Å². The van der Waals surface area contributed by atoms with Gasteiger partial charge >= 0.3 is 5.97 Å². The van der Waals surface area contributed by atoms with Gasteiger partial charge in [-0.1, -0.05) is 12.1 Å². The lowest BCUT2D eigenvalue weighted by Crippen LogP contribution is -2.29. The number of fused-ring (bicyclic) bond motifs is 1. The number of hydrogen-bond donors (Lipinski definition) is 1. The molecule has 2 rings (SSSR count). The van der Waals surface area contributed by atoms with E-state index >= 15 is 0 Å². The number of carbonyl (C=O) groups excluding carboxylic acids is 1. The highest BCUT2D eigenvalue weighted by Gasteiger charge is 2.27. The fourth-order valence-electron chi connectivity index (χ4n) is 1.72. The van der Waals surface area contributed by atoms with E-state index in [1.165, 1.54) is 12.3 Å². The molecule has 0 aliphatic rings. The maximum atomic E-state index is 13.0. The quantitative estimate of drug-likeness (QED) is 0.861. The van der Waals surface area contributed by atoms with Crippen LogP contribution in [0.3, 0.4) is 0 Å². The topological polar surface area (TPSA) is 65.2 Å². The van der Waals surface area contributed by atoms with Crippen molar-refractivity contribution in [2.24, 2.45) is 5.73 Å². The number of halogens is 3. The number of aromatic nitrogens is 1. The first-order chi connectivity index (χ1) is 9.52. The van der Waals surface area contributed by atoms with Gasteiger partial charge in [-0.15, -0.1) is 12.4 Å². The molecule has 0 aliphatic carbocycles. The lowest BCUT2D eigenvalue weighted by atomic mass is 10.2. The fourth-order valence-corrected chi connectivity index (χ4v) is 1.72. The predicted molar refractivity (Wildman–Crippen MR) is 77.9 cm³/mol. The van der Waals surface area contributed by atoms with Crippen LogP contribution in [0.25, 0.3) is 10.9 Å². The molecule has 0 saturated carbocycles. The summed E-state index contributed by atoms with van der Waals surface area (Å²) >= 11 is 0. The molecule has 2 N–H and O–H groups in total. The molecule has 1 aromatic carbocycles. The van der Waals surface area contributed by atoms with Crippen LogP contribution in [0.4, 0.5) is 8.78 Å². The largest absolute Gasteiger partial charge is 0.426 e. The maximum Gasteiger partial charge on any atom is 0.311 e. The number of nitrogens with zero attached hydrogens (tertiary/aromatic N) is 1. The molecular weight excluding hydrogens is 302 g/mol. The van der Waals surface area contributed by atoms with Gasteiger partial charge in [0.15, 0.2) is 0 Å². The van der Waals surface area contributed by atoms with Crippen molar-refractivity contribution in [3.63, 3.8) is 0 Å². The van der Waals surface area contributed by atoms with Gasteiger partial charge in [-0.3, -0.25) is 9.78 Å². The first-order valence-electron chi connectivity index (χ1n) is 6.14. The van der Waals surface area contributed by atoms with E-state index in [2.05, 4.69) is 4.98 Å². The molecule has 0 saturated heterocycles. The third kappa shape index (κ3) is 4.61. The number of nitrogens with two attached hydrogens (primary N) is 1. The molecule has 1 aromatic heterocycles. The summed E-state index contributed by atoms with van der Waals surface area (Å²) in [6.45, 7) is -0.779. The van der Waals surface area contributed by atoms with Crippen molar-refractivity contribution in [2.45, 2.75) is 18.8 Å². The summed E-state index contributed by atoms with van der Waals surface area (Å²) in [5.41, 5.74) is 5.58. The number of rotatable bonds is 5. The summed E-state index contributed by atoms with van der Waals surface area (Å²) in [5.74, 6) is -3.44. The lowest BCUT2D eigenvalue weighted by Gasteiger charge is -2.13. The molecule has 2 aromatic rings. The van der Waals surface area contributed by atoms with Crippen LogP contribution in [-0.2, 0) is 4.79 Å². The molecule has 21 heavy (non-hydrogen) atoms. The number of hydrogen-bond acceptors (Lipinski definition) is 4. The standard InChI is InChI=1S/C14H14F2N2O2.ClH/c15-14(16,9-17)7-5-13(19)20-12-6-8-18-11-4-2-1-3-10(11)12;/h1-4,6,8H,5,7,9,17H2;1H. The highest BCUT2D eigenvalue weighted by atomic mass is 35.5. The van der Waals surface area contributed by atoms with E-state index < -0.39 is 24.9 Å². The molecule has 1 heterocycles. The molecule has 0 spiro atoms. The van der Waals surface area contributed by atoms with Crippen molar-refractivity contribution in [2.75, 3.05) is 6.54 Å². The third-order valence-corrected chi connectivity index (χ3v) is 2.83. The van der Waals surface area contributed by atoms with E-state index in [1.807, 2.05) is 6.07 Å². The Hall–Kier alpha value is -1.79. The summed E-state index contributed by atoms with van der Waals surface area (Å²) in [4.78, 5) is 15.7. The zero-order chi connectivity index (χ0) is 14.6. The minimum Gasteiger partial charge on any atom is -0.426 e. The second-order valence-corrected chi connectivity index (χ2v) is 4.36. The van der Waals surface area contributed by atoms with Gasteiger partial charge in [0.2, 0.25) is 0 Å². The van der Waals surface area contributed by atoms with Crippen molar-refractivity contribution in [3.05, 3.63) is 36.5 Å². The minimum absolute atomic E-state index is 0. The van der Waals surface area contributed by atoms with E-state index in [0.717, 1.165) is 0 Å². The van der Waals surface area contributed by atoms with Gasteiger partial charge < -0.3 is 10.5 Å². The second kappa shape index (κ2) is 7.28. The summed E-state index contributed by atoms with van der Waals surface area (Å²) in [6.07, 6.45) is 0.492. The van der Waals surface area contributed by atoms with Crippen LogP contribution in [0.2, 0.25) is 0 Å². The van der Waals surface area contributed by atoms with Crippen molar-refractivity contribution in [1.82, 2.24) is 4.98 Å². The van der Waals surface area contributed by atoms with Gasteiger partial charge in [0, 0.05) is 18.0 Å². The number of pyridine rings is 1. The van der Waals surface area contributed by atoms with Gasteiger partial charge in [0.25, 0.3) is 5.92 Å².